The highest BCUT2D eigenvalue weighted by Crippen LogP contribution is 2.40. The average Bonchev–Trinajstić information content (AvgIpc) is 2.79. The Morgan fingerprint density at radius 1 is 1.15 bits per heavy atom. The predicted octanol–water partition coefficient (Wildman–Crippen LogP) is 4.72. The van der Waals surface area contributed by atoms with Crippen LogP contribution in [0.2, 0.25) is 0 Å². The molecule has 0 bridgehead atoms. The Labute approximate surface area is 150 Å². The number of hydrogen-bond acceptors (Lipinski definition) is 2. The number of fused-ring (bicyclic) bond motifs is 3. The second-order valence-electron chi connectivity index (χ2n) is 7.90. The van der Waals surface area contributed by atoms with Crippen LogP contribution >= 0.6 is 0 Å². The summed E-state index contributed by atoms with van der Waals surface area (Å²) < 4.78 is 29.5. The van der Waals surface area contributed by atoms with Gasteiger partial charge in [-0.1, -0.05) is 20.3 Å². The van der Waals surface area contributed by atoms with Crippen molar-refractivity contribution in [2.24, 2.45) is 5.41 Å². The topological polar surface area (TPSA) is 59.3 Å². The Balaban J connectivity index is 1.99. The number of carboxylic acids is 1. The minimum Gasteiger partial charge on any atom is -0.481 e. The van der Waals surface area contributed by atoms with Gasteiger partial charge in [0.05, 0.1) is 5.52 Å². The minimum absolute atomic E-state index is 0.0307. The highest BCUT2D eigenvalue weighted by atomic mass is 19.2. The minimum atomic E-state index is -0.948. The van der Waals surface area contributed by atoms with Crippen LogP contribution in [0, 0.1) is 17.0 Å². The molecule has 0 amide bonds. The van der Waals surface area contributed by atoms with Gasteiger partial charge >= 0.3 is 5.97 Å². The Kier molecular flexibility index (Phi) is 4.86. The van der Waals surface area contributed by atoms with Crippen LogP contribution < -0.4 is 0 Å². The van der Waals surface area contributed by atoms with Crippen molar-refractivity contribution in [3.8, 4) is 0 Å². The molecular weight excluding hydrogens is 340 g/mol. The number of hydrogen-bond donors (Lipinski definition) is 1. The van der Waals surface area contributed by atoms with E-state index in [9.17, 15) is 18.4 Å². The molecule has 0 radical (unpaired) electrons. The number of nitrogens with zero attached hydrogens (tertiary/aromatic N) is 1. The van der Waals surface area contributed by atoms with Gasteiger partial charge in [-0.25, -0.2) is 8.78 Å². The number of carboxylic acid groups (broad SMARTS) is 1. The van der Waals surface area contributed by atoms with Gasteiger partial charge in [0.2, 0.25) is 0 Å². The van der Waals surface area contributed by atoms with E-state index in [0.29, 0.717) is 42.3 Å². The van der Waals surface area contributed by atoms with Crippen LogP contribution in [0.15, 0.2) is 12.1 Å². The number of ketones is 1. The van der Waals surface area contributed by atoms with Gasteiger partial charge in [-0.2, -0.15) is 0 Å². The zero-order chi connectivity index (χ0) is 19.1. The van der Waals surface area contributed by atoms with Crippen LogP contribution in [0.3, 0.4) is 0 Å². The van der Waals surface area contributed by atoms with Crippen LogP contribution in [0.4, 0.5) is 8.78 Å². The fourth-order valence-electron chi connectivity index (χ4n) is 3.91. The molecule has 4 nitrogen and oxygen atoms in total. The Hall–Kier alpha value is -2.24. The number of aromatic nitrogens is 1. The monoisotopic (exact) mass is 363 g/mol. The molecule has 0 fully saturated rings. The summed E-state index contributed by atoms with van der Waals surface area (Å²) in [5, 5.41) is 9.20. The number of aliphatic carboxylic acids is 1. The zero-order valence-corrected chi connectivity index (χ0v) is 15.1. The number of unbranched alkanes of at least 4 members (excludes halogenated alkanes) is 2. The first-order valence-corrected chi connectivity index (χ1v) is 8.95. The Bertz CT molecular complexity index is 883. The second-order valence-corrected chi connectivity index (χ2v) is 7.90. The molecule has 26 heavy (non-hydrogen) atoms. The number of carbonyl (C=O) groups excluding carboxylic acids is 1. The molecule has 0 spiro atoms. The second kappa shape index (κ2) is 6.82. The maximum absolute atomic E-state index is 13.8. The summed E-state index contributed by atoms with van der Waals surface area (Å²) in [6.07, 6.45) is 3.19. The standard InChI is InChI=1S/C20H23F2NO3/c1-20(2)10-16-19(17(24)11-20)12-8-13(21)14(22)9-15(12)23(16)7-5-3-4-6-18(25)26/h8-9H,3-7,10-11H2,1-2H3,(H,25,26). The summed E-state index contributed by atoms with van der Waals surface area (Å²) >= 11 is 0. The molecule has 0 aliphatic heterocycles. The predicted molar refractivity (Wildman–Crippen MR) is 94.4 cm³/mol. The van der Waals surface area contributed by atoms with Crippen LogP contribution in [0.25, 0.3) is 10.9 Å². The van der Waals surface area contributed by atoms with Crippen molar-refractivity contribution in [3.63, 3.8) is 0 Å². The Morgan fingerprint density at radius 3 is 2.54 bits per heavy atom. The number of halogens is 2. The van der Waals surface area contributed by atoms with Gasteiger partial charge in [-0.15, -0.1) is 0 Å². The van der Waals surface area contributed by atoms with Gasteiger partial charge < -0.3 is 9.67 Å². The van der Waals surface area contributed by atoms with Crippen molar-refractivity contribution >= 4 is 22.7 Å². The fraction of sp³-hybridized carbons (Fsp3) is 0.500. The first kappa shape index (κ1) is 18.5. The molecular formula is C20H23F2NO3. The van der Waals surface area contributed by atoms with Crippen LogP contribution in [0.5, 0.6) is 0 Å². The van der Waals surface area contributed by atoms with E-state index >= 15 is 0 Å². The third kappa shape index (κ3) is 3.50. The first-order valence-electron chi connectivity index (χ1n) is 8.95. The van der Waals surface area contributed by atoms with Gasteiger partial charge in [0.25, 0.3) is 0 Å². The van der Waals surface area contributed by atoms with Crippen LogP contribution in [0.1, 0.15) is 62.0 Å². The molecule has 1 N–H and O–H groups in total. The molecule has 1 aromatic heterocycles. The number of Topliss-reactive ketones (excluding diaryl/α,β-unsaturated/α-hetero) is 1. The maximum Gasteiger partial charge on any atom is 0.303 e. The van der Waals surface area contributed by atoms with Gasteiger partial charge in [-0.3, -0.25) is 9.59 Å². The lowest BCUT2D eigenvalue weighted by atomic mass is 9.75. The van der Waals surface area contributed by atoms with Crippen molar-refractivity contribution in [2.75, 3.05) is 0 Å². The van der Waals surface area contributed by atoms with E-state index in [2.05, 4.69) is 0 Å². The summed E-state index contributed by atoms with van der Waals surface area (Å²) in [4.78, 5) is 23.3. The molecule has 2 aromatic rings. The first-order chi connectivity index (χ1) is 12.2. The lowest BCUT2D eigenvalue weighted by Gasteiger charge is -2.29. The van der Waals surface area contributed by atoms with Crippen LogP contribution in [-0.2, 0) is 17.8 Å². The molecule has 1 aliphatic carbocycles. The van der Waals surface area contributed by atoms with E-state index in [1.807, 2.05) is 18.4 Å². The molecule has 1 aromatic carbocycles. The van der Waals surface area contributed by atoms with Gasteiger partial charge in [0.1, 0.15) is 0 Å². The summed E-state index contributed by atoms with van der Waals surface area (Å²) in [5.74, 6) is -2.72. The lowest BCUT2D eigenvalue weighted by Crippen LogP contribution is -2.28. The van der Waals surface area contributed by atoms with Crippen molar-refractivity contribution in [3.05, 3.63) is 35.0 Å². The largest absolute Gasteiger partial charge is 0.481 e. The van der Waals surface area contributed by atoms with Crippen molar-refractivity contribution < 1.29 is 23.5 Å². The lowest BCUT2D eigenvalue weighted by molar-refractivity contribution is -0.137. The highest BCUT2D eigenvalue weighted by molar-refractivity contribution is 6.10. The van der Waals surface area contributed by atoms with E-state index in [-0.39, 0.29) is 17.6 Å². The molecule has 6 heteroatoms. The number of rotatable bonds is 6. The molecule has 0 saturated heterocycles. The molecule has 3 rings (SSSR count). The summed E-state index contributed by atoms with van der Waals surface area (Å²) in [5.41, 5.74) is 1.70. The summed E-state index contributed by atoms with van der Waals surface area (Å²) in [6.45, 7) is 4.59. The highest BCUT2D eigenvalue weighted by Gasteiger charge is 2.35. The number of aryl methyl sites for hydroxylation is 1. The summed E-state index contributed by atoms with van der Waals surface area (Å²) in [7, 11) is 0. The average molecular weight is 363 g/mol. The van der Waals surface area contributed by atoms with Gasteiger partial charge in [-0.05, 0) is 30.7 Å². The molecule has 1 heterocycles. The third-order valence-corrected chi connectivity index (χ3v) is 5.05. The molecule has 140 valence electrons. The summed E-state index contributed by atoms with van der Waals surface area (Å²) in [6, 6.07) is 2.29. The smallest absolute Gasteiger partial charge is 0.303 e. The van der Waals surface area contributed by atoms with E-state index in [1.54, 1.807) is 0 Å². The maximum atomic E-state index is 13.8. The van der Waals surface area contributed by atoms with Crippen molar-refractivity contribution in [2.45, 2.75) is 58.9 Å². The van der Waals surface area contributed by atoms with Crippen molar-refractivity contribution in [1.29, 1.82) is 0 Å². The van der Waals surface area contributed by atoms with Gasteiger partial charge in [0, 0.05) is 42.1 Å². The number of benzene rings is 1. The van der Waals surface area contributed by atoms with Gasteiger partial charge in [0.15, 0.2) is 17.4 Å². The Morgan fingerprint density at radius 2 is 1.85 bits per heavy atom. The third-order valence-electron chi connectivity index (χ3n) is 5.05. The fourth-order valence-corrected chi connectivity index (χ4v) is 3.91. The number of carbonyl (C=O) groups is 2. The van der Waals surface area contributed by atoms with Crippen LogP contribution in [-0.4, -0.2) is 21.4 Å². The van der Waals surface area contributed by atoms with E-state index in [4.69, 9.17) is 5.11 Å². The molecule has 0 atom stereocenters. The van der Waals surface area contributed by atoms with E-state index in [0.717, 1.165) is 24.6 Å². The molecule has 0 unspecified atom stereocenters. The van der Waals surface area contributed by atoms with E-state index < -0.39 is 17.6 Å². The van der Waals surface area contributed by atoms with Crippen molar-refractivity contribution in [1.82, 2.24) is 4.57 Å². The molecule has 1 aliphatic rings. The van der Waals surface area contributed by atoms with E-state index in [1.165, 1.54) is 6.07 Å². The molecule has 0 saturated carbocycles. The SMILES string of the molecule is CC1(C)CC(=O)c2c(n(CCCCCC(=O)O)c3cc(F)c(F)cc23)C1. The quantitative estimate of drug-likeness (QED) is 0.756. The normalized spacial score (nSPS) is 16.1. The zero-order valence-electron chi connectivity index (χ0n) is 15.1.